The normalized spacial score (nSPS) is 14.5. The molecular formula is C16H25N3O. The maximum absolute atomic E-state index is 5.85. The summed E-state index contributed by atoms with van der Waals surface area (Å²) >= 11 is 0. The molecule has 1 aromatic carbocycles. The lowest BCUT2D eigenvalue weighted by Gasteiger charge is -2.20. The lowest BCUT2D eigenvalue weighted by Crippen LogP contribution is -2.38. The molecule has 0 spiro atoms. The van der Waals surface area contributed by atoms with Crippen LogP contribution < -0.4 is 5.32 Å². The molecule has 0 saturated heterocycles. The first kappa shape index (κ1) is 14.9. The SMILES string of the molecule is CCCCCNC1=NCCN1OCc1cccc(C)c1. The van der Waals surface area contributed by atoms with Crippen molar-refractivity contribution in [1.82, 2.24) is 10.4 Å². The molecule has 1 aliphatic heterocycles. The number of nitrogens with zero attached hydrogens (tertiary/aromatic N) is 2. The van der Waals surface area contributed by atoms with Crippen LogP contribution in [0.4, 0.5) is 0 Å². The van der Waals surface area contributed by atoms with Gasteiger partial charge in [-0.15, -0.1) is 0 Å². The van der Waals surface area contributed by atoms with E-state index in [0.29, 0.717) is 6.61 Å². The van der Waals surface area contributed by atoms with Gasteiger partial charge in [-0.25, -0.2) is 10.1 Å². The number of hydrogen-bond acceptors (Lipinski definition) is 4. The minimum Gasteiger partial charge on any atom is -0.354 e. The molecule has 110 valence electrons. The van der Waals surface area contributed by atoms with Gasteiger partial charge in [-0.2, -0.15) is 0 Å². The monoisotopic (exact) mass is 275 g/mol. The largest absolute Gasteiger partial charge is 0.354 e. The fraction of sp³-hybridized carbons (Fsp3) is 0.562. The van der Waals surface area contributed by atoms with Crippen molar-refractivity contribution in [1.29, 1.82) is 0 Å². The Morgan fingerprint density at radius 1 is 1.35 bits per heavy atom. The van der Waals surface area contributed by atoms with E-state index in [1.807, 2.05) is 5.06 Å². The molecule has 1 N–H and O–H groups in total. The molecule has 0 aromatic heterocycles. The molecule has 0 atom stereocenters. The van der Waals surface area contributed by atoms with E-state index in [0.717, 1.165) is 25.6 Å². The molecule has 0 radical (unpaired) electrons. The van der Waals surface area contributed by atoms with E-state index in [4.69, 9.17) is 4.84 Å². The smallest absolute Gasteiger partial charge is 0.218 e. The molecule has 0 fully saturated rings. The van der Waals surface area contributed by atoms with Crippen LogP contribution in [-0.2, 0) is 11.4 Å². The highest BCUT2D eigenvalue weighted by atomic mass is 16.7. The van der Waals surface area contributed by atoms with Crippen LogP contribution in [-0.4, -0.2) is 30.7 Å². The van der Waals surface area contributed by atoms with Crippen molar-refractivity contribution in [3.8, 4) is 0 Å². The minimum absolute atomic E-state index is 0.595. The van der Waals surface area contributed by atoms with E-state index in [1.165, 1.54) is 30.4 Å². The van der Waals surface area contributed by atoms with Gasteiger partial charge in [0.05, 0.1) is 13.1 Å². The third-order valence-corrected chi connectivity index (χ3v) is 3.33. The second kappa shape index (κ2) is 7.90. The lowest BCUT2D eigenvalue weighted by atomic mass is 10.1. The highest BCUT2D eigenvalue weighted by molar-refractivity contribution is 5.80. The zero-order chi connectivity index (χ0) is 14.2. The van der Waals surface area contributed by atoms with Crippen molar-refractivity contribution in [2.24, 2.45) is 4.99 Å². The van der Waals surface area contributed by atoms with Crippen LogP contribution >= 0.6 is 0 Å². The number of aryl methyl sites for hydroxylation is 1. The number of nitrogens with one attached hydrogen (secondary N) is 1. The summed E-state index contributed by atoms with van der Waals surface area (Å²) in [5.74, 6) is 0.883. The van der Waals surface area contributed by atoms with Gasteiger partial charge in [0.2, 0.25) is 5.96 Å². The number of unbranched alkanes of at least 4 members (excludes halogenated alkanes) is 2. The van der Waals surface area contributed by atoms with E-state index in [2.05, 4.69) is 48.4 Å². The van der Waals surface area contributed by atoms with E-state index in [-0.39, 0.29) is 0 Å². The number of hydrogen-bond donors (Lipinski definition) is 1. The molecule has 0 saturated carbocycles. The molecule has 0 unspecified atom stereocenters. The Balaban J connectivity index is 1.76. The van der Waals surface area contributed by atoms with Crippen LogP contribution in [0.1, 0.15) is 37.3 Å². The van der Waals surface area contributed by atoms with Gasteiger partial charge in [0, 0.05) is 6.54 Å². The molecule has 4 nitrogen and oxygen atoms in total. The molecular weight excluding hydrogens is 250 g/mol. The second-order valence-electron chi connectivity index (χ2n) is 5.20. The summed E-state index contributed by atoms with van der Waals surface area (Å²) < 4.78 is 0. The van der Waals surface area contributed by atoms with Gasteiger partial charge in [0.1, 0.15) is 6.61 Å². The van der Waals surface area contributed by atoms with Gasteiger partial charge >= 0.3 is 0 Å². The predicted molar refractivity (Wildman–Crippen MR) is 82.5 cm³/mol. The Kier molecular flexibility index (Phi) is 5.87. The third-order valence-electron chi connectivity index (χ3n) is 3.33. The number of aliphatic imine (C=N–C) groups is 1. The molecule has 0 aliphatic carbocycles. The molecule has 2 rings (SSSR count). The molecule has 4 heteroatoms. The molecule has 0 amide bonds. The number of guanidine groups is 1. The Morgan fingerprint density at radius 3 is 3.05 bits per heavy atom. The van der Waals surface area contributed by atoms with Crippen LogP contribution in [0.15, 0.2) is 29.3 Å². The van der Waals surface area contributed by atoms with Crippen molar-refractivity contribution in [3.05, 3.63) is 35.4 Å². The summed E-state index contributed by atoms with van der Waals surface area (Å²) in [7, 11) is 0. The average Bonchev–Trinajstić information content (AvgIpc) is 2.89. The standard InChI is InChI=1S/C16H25N3O/c1-3-4-5-9-17-16-18-10-11-19(16)20-13-15-8-6-7-14(2)12-15/h6-8,12H,3-5,9-11,13H2,1-2H3,(H,17,18). The fourth-order valence-electron chi connectivity index (χ4n) is 2.23. The summed E-state index contributed by atoms with van der Waals surface area (Å²) in [5, 5.41) is 5.25. The first-order chi connectivity index (χ1) is 9.79. The van der Waals surface area contributed by atoms with E-state index >= 15 is 0 Å². The van der Waals surface area contributed by atoms with Crippen molar-refractivity contribution in [2.75, 3.05) is 19.6 Å². The van der Waals surface area contributed by atoms with Crippen LogP contribution in [0, 0.1) is 6.92 Å². The highest BCUT2D eigenvalue weighted by Gasteiger charge is 2.17. The Bertz CT molecular complexity index is 445. The predicted octanol–water partition coefficient (Wildman–Crippen LogP) is 2.88. The second-order valence-corrected chi connectivity index (χ2v) is 5.20. The number of benzene rings is 1. The van der Waals surface area contributed by atoms with Crippen molar-refractivity contribution >= 4 is 5.96 Å². The summed E-state index contributed by atoms with van der Waals surface area (Å²) in [4.78, 5) is 10.3. The van der Waals surface area contributed by atoms with E-state index in [9.17, 15) is 0 Å². The van der Waals surface area contributed by atoms with Gasteiger partial charge in [0.15, 0.2) is 0 Å². The first-order valence-corrected chi connectivity index (χ1v) is 7.54. The lowest BCUT2D eigenvalue weighted by molar-refractivity contribution is -0.105. The molecule has 1 heterocycles. The van der Waals surface area contributed by atoms with Crippen LogP contribution in [0.5, 0.6) is 0 Å². The summed E-state index contributed by atoms with van der Waals surface area (Å²) in [6.45, 7) is 7.52. The van der Waals surface area contributed by atoms with Gasteiger partial charge in [-0.3, -0.25) is 4.84 Å². The van der Waals surface area contributed by atoms with E-state index in [1.54, 1.807) is 0 Å². The maximum Gasteiger partial charge on any atom is 0.218 e. The number of hydroxylamine groups is 2. The fourth-order valence-corrected chi connectivity index (χ4v) is 2.23. The van der Waals surface area contributed by atoms with Crippen molar-refractivity contribution in [2.45, 2.75) is 39.7 Å². The Hall–Kier alpha value is -1.55. The van der Waals surface area contributed by atoms with Crippen molar-refractivity contribution < 1.29 is 4.84 Å². The van der Waals surface area contributed by atoms with Gasteiger partial charge in [0.25, 0.3) is 0 Å². The highest BCUT2D eigenvalue weighted by Crippen LogP contribution is 2.09. The van der Waals surface area contributed by atoms with Crippen LogP contribution in [0.2, 0.25) is 0 Å². The third kappa shape index (κ3) is 4.53. The first-order valence-electron chi connectivity index (χ1n) is 7.54. The summed E-state index contributed by atoms with van der Waals surface area (Å²) in [5.41, 5.74) is 2.46. The van der Waals surface area contributed by atoms with Crippen LogP contribution in [0.25, 0.3) is 0 Å². The Labute approximate surface area is 121 Å². The zero-order valence-electron chi connectivity index (χ0n) is 12.6. The molecule has 0 bridgehead atoms. The molecule has 20 heavy (non-hydrogen) atoms. The van der Waals surface area contributed by atoms with Crippen LogP contribution in [0.3, 0.4) is 0 Å². The van der Waals surface area contributed by atoms with Crippen molar-refractivity contribution in [3.63, 3.8) is 0 Å². The van der Waals surface area contributed by atoms with Gasteiger partial charge in [-0.05, 0) is 18.9 Å². The maximum atomic E-state index is 5.85. The molecule has 1 aromatic rings. The molecule has 1 aliphatic rings. The van der Waals surface area contributed by atoms with Gasteiger partial charge in [-0.1, -0.05) is 49.6 Å². The zero-order valence-corrected chi connectivity index (χ0v) is 12.6. The average molecular weight is 275 g/mol. The topological polar surface area (TPSA) is 36.9 Å². The van der Waals surface area contributed by atoms with E-state index < -0.39 is 0 Å². The number of rotatable bonds is 7. The summed E-state index contributed by atoms with van der Waals surface area (Å²) in [6, 6.07) is 8.41. The minimum atomic E-state index is 0.595. The summed E-state index contributed by atoms with van der Waals surface area (Å²) in [6.07, 6.45) is 3.67. The Morgan fingerprint density at radius 2 is 2.25 bits per heavy atom. The quantitative estimate of drug-likeness (QED) is 0.777. The van der Waals surface area contributed by atoms with Gasteiger partial charge < -0.3 is 5.32 Å².